The average Bonchev–Trinajstić information content (AvgIpc) is 2.80. The third-order valence-electron chi connectivity index (χ3n) is 3.74. The van der Waals surface area contributed by atoms with Gasteiger partial charge in [0.15, 0.2) is 5.65 Å². The summed E-state index contributed by atoms with van der Waals surface area (Å²) >= 11 is 0. The fraction of sp³-hybridized carbons (Fsp3) is 0.333. The molecule has 1 atom stereocenters. The van der Waals surface area contributed by atoms with Gasteiger partial charge in [0.25, 0.3) is 0 Å². The number of carboxylic acids is 1. The zero-order chi connectivity index (χ0) is 15.1. The first-order valence-corrected chi connectivity index (χ1v) is 6.74. The number of rotatable bonds is 2. The maximum Gasteiger partial charge on any atom is 0.308 e. The molecule has 1 saturated heterocycles. The molecule has 108 valence electrons. The lowest BCUT2D eigenvalue weighted by Crippen LogP contribution is -2.26. The van der Waals surface area contributed by atoms with Crippen LogP contribution in [-0.2, 0) is 9.59 Å². The van der Waals surface area contributed by atoms with Crippen LogP contribution in [0.5, 0.6) is 0 Å². The van der Waals surface area contributed by atoms with Gasteiger partial charge in [0.05, 0.1) is 5.92 Å². The van der Waals surface area contributed by atoms with Gasteiger partial charge < -0.3 is 5.11 Å². The number of aliphatic carboxylic acids is 1. The van der Waals surface area contributed by atoms with Gasteiger partial charge in [-0.2, -0.15) is 0 Å². The highest BCUT2D eigenvalue weighted by Gasteiger charge is 2.35. The number of carbonyl (C=O) groups excluding carboxylic acids is 1. The molecule has 0 aromatic carbocycles. The van der Waals surface area contributed by atoms with E-state index in [1.165, 1.54) is 4.90 Å². The summed E-state index contributed by atoms with van der Waals surface area (Å²) in [5, 5.41) is 9.96. The third kappa shape index (κ3) is 2.33. The van der Waals surface area contributed by atoms with Crippen molar-refractivity contribution in [3.05, 3.63) is 29.5 Å². The number of aromatic nitrogens is 2. The molecule has 21 heavy (non-hydrogen) atoms. The van der Waals surface area contributed by atoms with Crippen molar-refractivity contribution >= 4 is 28.7 Å². The SMILES string of the molecule is Cc1cc(C)c2ccc(N3CC(C(=O)O)CC3=O)nc2n1. The first-order valence-electron chi connectivity index (χ1n) is 6.74. The second-order valence-electron chi connectivity index (χ2n) is 5.36. The molecule has 1 amide bonds. The largest absolute Gasteiger partial charge is 0.481 e. The smallest absolute Gasteiger partial charge is 0.308 e. The molecule has 1 unspecified atom stereocenters. The van der Waals surface area contributed by atoms with Gasteiger partial charge in [0.2, 0.25) is 5.91 Å². The molecule has 0 radical (unpaired) electrons. The van der Waals surface area contributed by atoms with Gasteiger partial charge in [-0.1, -0.05) is 0 Å². The number of carboxylic acid groups (broad SMARTS) is 1. The van der Waals surface area contributed by atoms with E-state index < -0.39 is 11.9 Å². The summed E-state index contributed by atoms with van der Waals surface area (Å²) in [6, 6.07) is 5.60. The molecule has 1 aliphatic heterocycles. The maximum atomic E-state index is 12.0. The van der Waals surface area contributed by atoms with Gasteiger partial charge in [0, 0.05) is 24.0 Å². The number of hydrogen-bond acceptors (Lipinski definition) is 4. The summed E-state index contributed by atoms with van der Waals surface area (Å²) in [7, 11) is 0. The second-order valence-corrected chi connectivity index (χ2v) is 5.36. The van der Waals surface area contributed by atoms with Gasteiger partial charge in [-0.25, -0.2) is 9.97 Å². The minimum Gasteiger partial charge on any atom is -0.481 e. The van der Waals surface area contributed by atoms with E-state index in [9.17, 15) is 9.59 Å². The summed E-state index contributed by atoms with van der Waals surface area (Å²) in [6.45, 7) is 4.04. The van der Waals surface area contributed by atoms with Crippen molar-refractivity contribution in [2.45, 2.75) is 20.3 Å². The molecule has 0 bridgehead atoms. The Balaban J connectivity index is 2.02. The highest BCUT2D eigenvalue weighted by atomic mass is 16.4. The quantitative estimate of drug-likeness (QED) is 0.907. The molecule has 1 N–H and O–H groups in total. The molecule has 2 aromatic heterocycles. The normalized spacial score (nSPS) is 18.5. The van der Waals surface area contributed by atoms with E-state index in [0.717, 1.165) is 16.6 Å². The van der Waals surface area contributed by atoms with Crippen LogP contribution in [0.4, 0.5) is 5.82 Å². The minimum absolute atomic E-state index is 0.0231. The Morgan fingerprint density at radius 1 is 1.33 bits per heavy atom. The van der Waals surface area contributed by atoms with Crippen molar-refractivity contribution in [3.8, 4) is 0 Å². The Morgan fingerprint density at radius 2 is 2.10 bits per heavy atom. The fourth-order valence-electron chi connectivity index (χ4n) is 2.67. The maximum absolute atomic E-state index is 12.0. The van der Waals surface area contributed by atoms with Crippen LogP contribution in [0.25, 0.3) is 11.0 Å². The lowest BCUT2D eigenvalue weighted by atomic mass is 10.1. The van der Waals surface area contributed by atoms with Gasteiger partial charge in [-0.05, 0) is 37.6 Å². The first kappa shape index (κ1) is 13.5. The Morgan fingerprint density at radius 3 is 2.76 bits per heavy atom. The van der Waals surface area contributed by atoms with E-state index in [2.05, 4.69) is 9.97 Å². The summed E-state index contributed by atoms with van der Waals surface area (Å²) in [5.41, 5.74) is 2.52. The molecule has 3 heterocycles. The average molecular weight is 285 g/mol. The highest BCUT2D eigenvalue weighted by molar-refractivity contribution is 5.99. The fourth-order valence-corrected chi connectivity index (χ4v) is 2.67. The monoisotopic (exact) mass is 285 g/mol. The first-order chi connectivity index (χ1) is 9.95. The van der Waals surface area contributed by atoms with Crippen LogP contribution >= 0.6 is 0 Å². The molecular formula is C15H15N3O3. The van der Waals surface area contributed by atoms with Crippen molar-refractivity contribution in [2.75, 3.05) is 11.4 Å². The summed E-state index contributed by atoms with van der Waals surface area (Å²) in [6.07, 6.45) is 0.0231. The van der Waals surface area contributed by atoms with Crippen LogP contribution in [0.15, 0.2) is 18.2 Å². The van der Waals surface area contributed by atoms with Crippen LogP contribution in [-0.4, -0.2) is 33.5 Å². The van der Waals surface area contributed by atoms with E-state index in [4.69, 9.17) is 5.11 Å². The number of fused-ring (bicyclic) bond motifs is 1. The van der Waals surface area contributed by atoms with E-state index in [1.807, 2.05) is 26.0 Å². The molecule has 0 spiro atoms. The Kier molecular flexibility index (Phi) is 3.08. The molecule has 6 nitrogen and oxygen atoms in total. The van der Waals surface area contributed by atoms with Crippen molar-refractivity contribution in [3.63, 3.8) is 0 Å². The number of carbonyl (C=O) groups is 2. The number of nitrogens with zero attached hydrogens (tertiary/aromatic N) is 3. The lowest BCUT2D eigenvalue weighted by Gasteiger charge is -2.15. The van der Waals surface area contributed by atoms with Crippen LogP contribution in [0.3, 0.4) is 0 Å². The van der Waals surface area contributed by atoms with Gasteiger partial charge in [-0.15, -0.1) is 0 Å². The zero-order valence-electron chi connectivity index (χ0n) is 11.8. The van der Waals surface area contributed by atoms with Crippen molar-refractivity contribution in [1.29, 1.82) is 0 Å². The van der Waals surface area contributed by atoms with E-state index in [1.54, 1.807) is 6.07 Å². The highest BCUT2D eigenvalue weighted by Crippen LogP contribution is 2.26. The number of hydrogen-bond donors (Lipinski definition) is 1. The molecule has 0 saturated carbocycles. The Hall–Kier alpha value is -2.50. The van der Waals surface area contributed by atoms with Crippen LogP contribution in [0.1, 0.15) is 17.7 Å². The van der Waals surface area contributed by atoms with E-state index in [0.29, 0.717) is 11.5 Å². The van der Waals surface area contributed by atoms with Crippen molar-refractivity contribution in [1.82, 2.24) is 9.97 Å². The summed E-state index contributed by atoms with van der Waals surface area (Å²) < 4.78 is 0. The van der Waals surface area contributed by atoms with Crippen molar-refractivity contribution < 1.29 is 14.7 Å². The van der Waals surface area contributed by atoms with Crippen LogP contribution in [0.2, 0.25) is 0 Å². The number of aryl methyl sites for hydroxylation is 2. The van der Waals surface area contributed by atoms with Gasteiger partial charge >= 0.3 is 5.97 Å². The minimum atomic E-state index is -0.948. The zero-order valence-corrected chi connectivity index (χ0v) is 11.8. The number of anilines is 1. The molecule has 3 rings (SSSR count). The Bertz CT molecular complexity index is 757. The predicted octanol–water partition coefficient (Wildman–Crippen LogP) is 1.68. The Labute approximate surface area is 121 Å². The molecule has 1 fully saturated rings. The molecule has 6 heteroatoms. The van der Waals surface area contributed by atoms with Gasteiger partial charge in [0.1, 0.15) is 5.82 Å². The summed E-state index contributed by atoms with van der Waals surface area (Å²) in [5.74, 6) is -1.36. The van der Waals surface area contributed by atoms with E-state index in [-0.39, 0.29) is 18.9 Å². The van der Waals surface area contributed by atoms with Crippen LogP contribution in [0, 0.1) is 19.8 Å². The number of pyridine rings is 2. The number of amides is 1. The van der Waals surface area contributed by atoms with Crippen LogP contribution < -0.4 is 4.90 Å². The molecule has 2 aromatic rings. The third-order valence-corrected chi connectivity index (χ3v) is 3.74. The summed E-state index contributed by atoms with van der Waals surface area (Å²) in [4.78, 5) is 33.2. The predicted molar refractivity (Wildman–Crippen MR) is 77.1 cm³/mol. The molecule has 1 aliphatic rings. The topological polar surface area (TPSA) is 83.4 Å². The standard InChI is InChI=1S/C15H15N3O3/c1-8-5-9(2)16-14-11(8)3-4-12(17-14)18-7-10(15(20)21)6-13(18)19/h3-5,10H,6-7H2,1-2H3,(H,20,21). The molecule has 0 aliphatic carbocycles. The van der Waals surface area contributed by atoms with Gasteiger partial charge in [-0.3, -0.25) is 14.5 Å². The second kappa shape index (κ2) is 4.80. The molecular weight excluding hydrogens is 270 g/mol. The van der Waals surface area contributed by atoms with Crippen molar-refractivity contribution in [2.24, 2.45) is 5.92 Å². The lowest BCUT2D eigenvalue weighted by molar-refractivity contribution is -0.141. The van der Waals surface area contributed by atoms with E-state index >= 15 is 0 Å².